The minimum absolute atomic E-state index is 0.224. The minimum Gasteiger partial charge on any atom is -0.494 e. The first-order chi connectivity index (χ1) is 6.69. The summed E-state index contributed by atoms with van der Waals surface area (Å²) in [5.41, 5.74) is 1.40. The molecule has 0 bridgehead atoms. The van der Waals surface area contributed by atoms with E-state index >= 15 is 0 Å². The fraction of sp³-hybridized carbons (Fsp3) is 0.200. The van der Waals surface area contributed by atoms with Gasteiger partial charge < -0.3 is 10.1 Å². The monoisotopic (exact) mass is 193 g/mol. The quantitative estimate of drug-likeness (QED) is 0.578. The number of carbonyl (C=O) groups excluding carboxylic acids is 2. The van der Waals surface area contributed by atoms with Crippen molar-refractivity contribution >= 4 is 17.9 Å². The normalized spacial score (nSPS) is 9.29. The molecule has 0 fully saturated rings. The lowest BCUT2D eigenvalue weighted by Crippen LogP contribution is -2.13. The van der Waals surface area contributed by atoms with Gasteiger partial charge in [0.15, 0.2) is 0 Å². The number of methoxy groups -OCH3 is 1. The van der Waals surface area contributed by atoms with Crippen molar-refractivity contribution in [3.8, 4) is 5.75 Å². The van der Waals surface area contributed by atoms with Gasteiger partial charge in [-0.25, -0.2) is 0 Å². The molecule has 14 heavy (non-hydrogen) atoms. The Kier molecular flexibility index (Phi) is 3.23. The molecule has 0 aliphatic heterocycles. The molecule has 0 atom stereocenters. The van der Waals surface area contributed by atoms with Crippen LogP contribution >= 0.6 is 0 Å². The summed E-state index contributed by atoms with van der Waals surface area (Å²) in [5.74, 6) is -0.114. The summed E-state index contributed by atoms with van der Waals surface area (Å²) in [5, 5.41) is 2.42. The van der Waals surface area contributed by atoms with Gasteiger partial charge in [-0.05, 0) is 18.6 Å². The average molecular weight is 193 g/mol. The number of hydrogen-bond acceptors (Lipinski definition) is 3. The summed E-state index contributed by atoms with van der Waals surface area (Å²) >= 11 is 0. The van der Waals surface area contributed by atoms with E-state index in [1.54, 1.807) is 12.1 Å². The van der Waals surface area contributed by atoms with Gasteiger partial charge in [0.25, 0.3) is 5.91 Å². The van der Waals surface area contributed by atoms with Crippen LogP contribution in [0.25, 0.3) is 0 Å². The fourth-order valence-corrected chi connectivity index (χ4v) is 1.18. The topological polar surface area (TPSA) is 55.4 Å². The first-order valence-electron chi connectivity index (χ1n) is 4.08. The van der Waals surface area contributed by atoms with Gasteiger partial charge in [0.05, 0.1) is 12.8 Å². The second kappa shape index (κ2) is 4.41. The maximum atomic E-state index is 10.8. The van der Waals surface area contributed by atoms with E-state index in [0.29, 0.717) is 11.4 Å². The third kappa shape index (κ3) is 2.10. The van der Waals surface area contributed by atoms with Crippen LogP contribution in [0.3, 0.4) is 0 Å². The molecule has 0 heterocycles. The van der Waals surface area contributed by atoms with Gasteiger partial charge in [0.2, 0.25) is 6.29 Å². The number of rotatable bonds is 3. The Bertz CT molecular complexity index is 360. The SMILES string of the molecule is COc1c(C)cccc1NC(=O)C=O. The lowest BCUT2D eigenvalue weighted by atomic mass is 10.2. The Morgan fingerprint density at radius 2 is 2.21 bits per heavy atom. The maximum Gasteiger partial charge on any atom is 0.288 e. The Morgan fingerprint density at radius 1 is 1.50 bits per heavy atom. The van der Waals surface area contributed by atoms with Gasteiger partial charge in [0, 0.05) is 0 Å². The third-order valence-corrected chi connectivity index (χ3v) is 1.78. The van der Waals surface area contributed by atoms with Crippen molar-refractivity contribution in [1.82, 2.24) is 0 Å². The predicted molar refractivity (Wildman–Crippen MR) is 52.4 cm³/mol. The van der Waals surface area contributed by atoms with Crippen molar-refractivity contribution in [2.24, 2.45) is 0 Å². The van der Waals surface area contributed by atoms with Crippen molar-refractivity contribution < 1.29 is 14.3 Å². The maximum absolute atomic E-state index is 10.8. The minimum atomic E-state index is -0.686. The number of ether oxygens (including phenoxy) is 1. The van der Waals surface area contributed by atoms with Crippen LogP contribution in [0.5, 0.6) is 5.75 Å². The van der Waals surface area contributed by atoms with Gasteiger partial charge in [-0.3, -0.25) is 9.59 Å². The lowest BCUT2D eigenvalue weighted by molar-refractivity contribution is -0.127. The highest BCUT2D eigenvalue weighted by molar-refractivity contribution is 6.29. The van der Waals surface area contributed by atoms with Crippen LogP contribution in [-0.2, 0) is 9.59 Å². The summed E-state index contributed by atoms with van der Waals surface area (Å²) in [6.07, 6.45) is 0.224. The van der Waals surface area contributed by atoms with Crippen molar-refractivity contribution in [3.63, 3.8) is 0 Å². The van der Waals surface area contributed by atoms with Crippen LogP contribution in [0, 0.1) is 6.92 Å². The van der Waals surface area contributed by atoms with E-state index in [1.165, 1.54) is 7.11 Å². The number of nitrogens with one attached hydrogen (secondary N) is 1. The molecule has 0 saturated heterocycles. The van der Waals surface area contributed by atoms with Crippen LogP contribution in [0.1, 0.15) is 5.56 Å². The molecule has 4 nitrogen and oxygen atoms in total. The zero-order valence-electron chi connectivity index (χ0n) is 8.03. The molecule has 0 aromatic heterocycles. The largest absolute Gasteiger partial charge is 0.494 e. The van der Waals surface area contributed by atoms with E-state index in [9.17, 15) is 9.59 Å². The molecule has 1 amide bonds. The summed E-state index contributed by atoms with van der Waals surface area (Å²) in [7, 11) is 1.51. The number of carbonyl (C=O) groups is 2. The molecule has 0 aliphatic carbocycles. The van der Waals surface area contributed by atoms with Gasteiger partial charge in [-0.1, -0.05) is 12.1 Å². The highest BCUT2D eigenvalue weighted by Crippen LogP contribution is 2.27. The van der Waals surface area contributed by atoms with Crippen LogP contribution in [0.2, 0.25) is 0 Å². The summed E-state index contributed by atoms with van der Waals surface area (Å²) in [6, 6.07) is 5.31. The molecule has 74 valence electrons. The predicted octanol–water partition coefficient (Wildman–Crippen LogP) is 1.14. The van der Waals surface area contributed by atoms with E-state index < -0.39 is 5.91 Å². The fourth-order valence-electron chi connectivity index (χ4n) is 1.18. The molecule has 0 radical (unpaired) electrons. The van der Waals surface area contributed by atoms with E-state index in [0.717, 1.165) is 5.56 Å². The molecule has 0 aliphatic rings. The summed E-state index contributed by atoms with van der Waals surface area (Å²) in [4.78, 5) is 21.0. The van der Waals surface area contributed by atoms with Crippen molar-refractivity contribution in [2.75, 3.05) is 12.4 Å². The number of para-hydroxylation sites is 1. The van der Waals surface area contributed by atoms with Gasteiger partial charge in [-0.2, -0.15) is 0 Å². The lowest BCUT2D eigenvalue weighted by Gasteiger charge is -2.10. The van der Waals surface area contributed by atoms with Gasteiger partial charge in [0.1, 0.15) is 5.75 Å². The Hall–Kier alpha value is -1.84. The molecule has 1 aromatic rings. The van der Waals surface area contributed by atoms with E-state index in [1.807, 2.05) is 13.0 Å². The van der Waals surface area contributed by atoms with Crippen molar-refractivity contribution in [2.45, 2.75) is 6.92 Å². The molecule has 1 N–H and O–H groups in total. The zero-order valence-corrected chi connectivity index (χ0v) is 8.03. The Labute approximate surface area is 81.9 Å². The molecule has 1 rings (SSSR count). The number of aldehydes is 1. The average Bonchev–Trinajstić information content (AvgIpc) is 2.18. The molecule has 0 saturated carbocycles. The van der Waals surface area contributed by atoms with E-state index in [4.69, 9.17) is 4.74 Å². The molecule has 0 unspecified atom stereocenters. The van der Waals surface area contributed by atoms with Gasteiger partial charge >= 0.3 is 0 Å². The summed E-state index contributed by atoms with van der Waals surface area (Å²) in [6.45, 7) is 1.86. The third-order valence-electron chi connectivity index (χ3n) is 1.78. The smallest absolute Gasteiger partial charge is 0.288 e. The van der Waals surface area contributed by atoms with Crippen molar-refractivity contribution in [3.05, 3.63) is 23.8 Å². The number of amides is 1. The van der Waals surface area contributed by atoms with E-state index in [2.05, 4.69) is 5.32 Å². The zero-order chi connectivity index (χ0) is 10.6. The molecular weight excluding hydrogens is 182 g/mol. The van der Waals surface area contributed by atoms with Crippen LogP contribution in [0.4, 0.5) is 5.69 Å². The Balaban J connectivity index is 3.01. The standard InChI is InChI=1S/C10H11NO3/c1-7-4-3-5-8(10(7)14-2)11-9(13)6-12/h3-6H,1-2H3,(H,11,13). The van der Waals surface area contributed by atoms with Crippen LogP contribution in [-0.4, -0.2) is 19.3 Å². The second-order valence-electron chi connectivity index (χ2n) is 2.76. The van der Waals surface area contributed by atoms with Crippen molar-refractivity contribution in [1.29, 1.82) is 0 Å². The molecule has 4 heteroatoms. The Morgan fingerprint density at radius 3 is 2.79 bits per heavy atom. The van der Waals surface area contributed by atoms with Gasteiger partial charge in [-0.15, -0.1) is 0 Å². The molecule has 1 aromatic carbocycles. The number of benzene rings is 1. The number of aryl methyl sites for hydroxylation is 1. The summed E-state index contributed by atoms with van der Waals surface area (Å²) < 4.78 is 5.09. The first kappa shape index (κ1) is 10.2. The highest BCUT2D eigenvalue weighted by Gasteiger charge is 2.07. The van der Waals surface area contributed by atoms with Crippen LogP contribution < -0.4 is 10.1 Å². The first-order valence-corrected chi connectivity index (χ1v) is 4.08. The van der Waals surface area contributed by atoms with E-state index in [-0.39, 0.29) is 6.29 Å². The highest BCUT2D eigenvalue weighted by atomic mass is 16.5. The molecule has 0 spiro atoms. The molecular formula is C10H11NO3. The van der Waals surface area contributed by atoms with Crippen LogP contribution in [0.15, 0.2) is 18.2 Å². The second-order valence-corrected chi connectivity index (χ2v) is 2.76. The number of anilines is 1. The number of hydrogen-bond donors (Lipinski definition) is 1.